The van der Waals surface area contributed by atoms with Crippen molar-refractivity contribution < 1.29 is 14.7 Å². The van der Waals surface area contributed by atoms with Gasteiger partial charge in [-0.15, -0.1) is 0 Å². The molecule has 0 bridgehead atoms. The van der Waals surface area contributed by atoms with E-state index < -0.39 is 11.5 Å². The molecule has 1 rings (SSSR count). The van der Waals surface area contributed by atoms with Crippen molar-refractivity contribution in [2.24, 2.45) is 0 Å². The summed E-state index contributed by atoms with van der Waals surface area (Å²) in [4.78, 5) is 24.7. The third kappa shape index (κ3) is 4.91. The smallest absolute Gasteiger partial charge is 0.303 e. The van der Waals surface area contributed by atoms with E-state index in [0.29, 0.717) is 12.0 Å². The summed E-state index contributed by atoms with van der Waals surface area (Å²) in [5, 5.41) is 11.6. The number of carboxylic acids is 1. The van der Waals surface area contributed by atoms with Gasteiger partial charge in [-0.1, -0.05) is 0 Å². The van der Waals surface area contributed by atoms with Crippen molar-refractivity contribution in [1.82, 2.24) is 5.32 Å². The monoisotopic (exact) mass is 278 g/mol. The first kappa shape index (κ1) is 16.0. The lowest BCUT2D eigenvalue weighted by Gasteiger charge is -2.25. The molecule has 5 nitrogen and oxygen atoms in total. The third-order valence-electron chi connectivity index (χ3n) is 3.06. The molecule has 20 heavy (non-hydrogen) atoms. The van der Waals surface area contributed by atoms with Crippen LogP contribution in [0.2, 0.25) is 0 Å². The molecular weight excluding hydrogens is 256 g/mol. The number of rotatable bonds is 6. The number of carboxylic acid groups (broad SMARTS) is 1. The van der Waals surface area contributed by atoms with Crippen molar-refractivity contribution in [3.63, 3.8) is 0 Å². The molecule has 1 aromatic carbocycles. The van der Waals surface area contributed by atoms with E-state index in [4.69, 9.17) is 5.11 Å². The van der Waals surface area contributed by atoms with Gasteiger partial charge in [-0.2, -0.15) is 0 Å². The van der Waals surface area contributed by atoms with E-state index >= 15 is 0 Å². The van der Waals surface area contributed by atoms with Gasteiger partial charge in [-0.05, 0) is 44.5 Å². The summed E-state index contributed by atoms with van der Waals surface area (Å²) in [6.07, 6.45) is 0.427. The van der Waals surface area contributed by atoms with Crippen LogP contribution in [0, 0.1) is 0 Å². The number of nitrogens with zero attached hydrogens (tertiary/aromatic N) is 1. The summed E-state index contributed by atoms with van der Waals surface area (Å²) in [5.41, 5.74) is 1.04. The van der Waals surface area contributed by atoms with Gasteiger partial charge in [0.15, 0.2) is 0 Å². The number of amides is 1. The van der Waals surface area contributed by atoms with E-state index in [9.17, 15) is 9.59 Å². The second kappa shape index (κ2) is 6.41. The van der Waals surface area contributed by atoms with Gasteiger partial charge in [-0.25, -0.2) is 0 Å². The van der Waals surface area contributed by atoms with E-state index in [-0.39, 0.29) is 12.3 Å². The minimum absolute atomic E-state index is 0.0346. The summed E-state index contributed by atoms with van der Waals surface area (Å²) < 4.78 is 0. The molecule has 110 valence electrons. The molecule has 5 heteroatoms. The van der Waals surface area contributed by atoms with Crippen LogP contribution < -0.4 is 10.2 Å². The Labute approximate surface area is 119 Å². The first-order valence-corrected chi connectivity index (χ1v) is 6.53. The summed E-state index contributed by atoms with van der Waals surface area (Å²) in [5.74, 6) is -1.05. The van der Waals surface area contributed by atoms with E-state index in [1.807, 2.05) is 45.0 Å². The van der Waals surface area contributed by atoms with E-state index in [1.54, 1.807) is 12.1 Å². The maximum atomic E-state index is 12.1. The Kier molecular flexibility index (Phi) is 5.13. The number of carbonyl (C=O) groups excluding carboxylic acids is 1. The summed E-state index contributed by atoms with van der Waals surface area (Å²) in [6, 6.07) is 7.27. The van der Waals surface area contributed by atoms with E-state index in [0.717, 1.165) is 5.69 Å². The number of benzene rings is 1. The fourth-order valence-electron chi connectivity index (χ4n) is 1.77. The van der Waals surface area contributed by atoms with Gasteiger partial charge in [-0.3, -0.25) is 9.59 Å². The fraction of sp³-hybridized carbons (Fsp3) is 0.467. The lowest BCUT2D eigenvalue weighted by Crippen LogP contribution is -2.43. The molecule has 2 N–H and O–H groups in total. The number of carbonyl (C=O) groups is 2. The average molecular weight is 278 g/mol. The molecule has 0 saturated heterocycles. The van der Waals surface area contributed by atoms with Crippen LogP contribution in [0.1, 0.15) is 37.0 Å². The third-order valence-corrected chi connectivity index (χ3v) is 3.06. The summed E-state index contributed by atoms with van der Waals surface area (Å²) in [7, 11) is 3.87. The second-order valence-electron chi connectivity index (χ2n) is 5.67. The minimum atomic E-state index is -0.859. The topological polar surface area (TPSA) is 69.6 Å². The zero-order valence-corrected chi connectivity index (χ0v) is 12.4. The van der Waals surface area contributed by atoms with Crippen molar-refractivity contribution in [1.29, 1.82) is 0 Å². The minimum Gasteiger partial charge on any atom is -0.481 e. The van der Waals surface area contributed by atoms with Gasteiger partial charge in [0, 0.05) is 37.3 Å². The quantitative estimate of drug-likeness (QED) is 0.836. The lowest BCUT2D eigenvalue weighted by molar-refractivity contribution is -0.137. The molecule has 0 atom stereocenters. The molecule has 0 aliphatic carbocycles. The largest absolute Gasteiger partial charge is 0.481 e. The molecule has 0 saturated carbocycles. The fourth-order valence-corrected chi connectivity index (χ4v) is 1.77. The predicted octanol–water partition coefficient (Wildman–Crippen LogP) is 2.13. The number of anilines is 1. The van der Waals surface area contributed by atoms with Crippen LogP contribution in [-0.2, 0) is 4.79 Å². The molecule has 0 spiro atoms. The Morgan fingerprint density at radius 1 is 1.20 bits per heavy atom. The van der Waals surface area contributed by atoms with Crippen molar-refractivity contribution in [3.8, 4) is 0 Å². The second-order valence-corrected chi connectivity index (χ2v) is 5.67. The molecule has 1 amide bonds. The van der Waals surface area contributed by atoms with Gasteiger partial charge in [0.2, 0.25) is 0 Å². The highest BCUT2D eigenvalue weighted by Gasteiger charge is 2.22. The highest BCUT2D eigenvalue weighted by molar-refractivity contribution is 5.95. The Balaban J connectivity index is 2.68. The summed E-state index contributed by atoms with van der Waals surface area (Å²) in [6.45, 7) is 3.64. The molecule has 0 aromatic heterocycles. The molecular formula is C15H22N2O3. The van der Waals surface area contributed by atoms with Crippen LogP contribution in [0.25, 0.3) is 0 Å². The summed E-state index contributed by atoms with van der Waals surface area (Å²) >= 11 is 0. The predicted molar refractivity (Wildman–Crippen MR) is 79.2 cm³/mol. The SMILES string of the molecule is CN(C)c1ccc(C(=O)NC(C)(C)CCC(=O)O)cc1. The molecule has 0 unspecified atom stereocenters. The van der Waals surface area contributed by atoms with Crippen molar-refractivity contribution >= 4 is 17.6 Å². The van der Waals surface area contributed by atoms with Gasteiger partial charge >= 0.3 is 5.97 Å². The standard InChI is InChI=1S/C15H22N2O3/c1-15(2,10-9-13(18)19)16-14(20)11-5-7-12(8-6-11)17(3)4/h5-8H,9-10H2,1-4H3,(H,16,20)(H,18,19). The first-order chi connectivity index (χ1) is 9.21. The van der Waals surface area contributed by atoms with Gasteiger partial charge in [0.05, 0.1) is 0 Å². The normalized spacial score (nSPS) is 11.0. The maximum absolute atomic E-state index is 12.1. The Morgan fingerprint density at radius 2 is 1.75 bits per heavy atom. The Bertz CT molecular complexity index is 478. The molecule has 0 aliphatic rings. The molecule has 1 aromatic rings. The lowest BCUT2D eigenvalue weighted by atomic mass is 9.97. The Morgan fingerprint density at radius 3 is 2.20 bits per heavy atom. The Hall–Kier alpha value is -2.04. The van der Waals surface area contributed by atoms with Crippen LogP contribution in [0.4, 0.5) is 5.69 Å². The van der Waals surface area contributed by atoms with Gasteiger partial charge < -0.3 is 15.3 Å². The zero-order chi connectivity index (χ0) is 15.3. The first-order valence-electron chi connectivity index (χ1n) is 6.53. The highest BCUT2D eigenvalue weighted by atomic mass is 16.4. The highest BCUT2D eigenvalue weighted by Crippen LogP contribution is 2.15. The number of aliphatic carboxylic acids is 1. The van der Waals surface area contributed by atoms with Crippen LogP contribution in [0.15, 0.2) is 24.3 Å². The number of hydrogen-bond donors (Lipinski definition) is 2. The van der Waals surface area contributed by atoms with Crippen molar-refractivity contribution in [2.45, 2.75) is 32.2 Å². The van der Waals surface area contributed by atoms with Crippen LogP contribution >= 0.6 is 0 Å². The number of nitrogens with one attached hydrogen (secondary N) is 1. The van der Waals surface area contributed by atoms with Crippen molar-refractivity contribution in [3.05, 3.63) is 29.8 Å². The van der Waals surface area contributed by atoms with Crippen molar-refractivity contribution in [2.75, 3.05) is 19.0 Å². The number of hydrogen-bond acceptors (Lipinski definition) is 3. The van der Waals surface area contributed by atoms with Crippen LogP contribution in [-0.4, -0.2) is 36.6 Å². The molecule has 0 radical (unpaired) electrons. The molecule has 0 heterocycles. The molecule has 0 fully saturated rings. The van der Waals surface area contributed by atoms with E-state index in [2.05, 4.69) is 5.32 Å². The van der Waals surface area contributed by atoms with Crippen LogP contribution in [0.3, 0.4) is 0 Å². The van der Waals surface area contributed by atoms with E-state index in [1.165, 1.54) is 0 Å². The average Bonchev–Trinajstić information content (AvgIpc) is 2.36. The maximum Gasteiger partial charge on any atom is 0.303 e. The van der Waals surface area contributed by atoms with Gasteiger partial charge in [0.1, 0.15) is 0 Å². The molecule has 0 aliphatic heterocycles. The van der Waals surface area contributed by atoms with Gasteiger partial charge in [0.25, 0.3) is 5.91 Å². The van der Waals surface area contributed by atoms with Crippen LogP contribution in [0.5, 0.6) is 0 Å². The zero-order valence-electron chi connectivity index (χ0n) is 12.4.